The quantitative estimate of drug-likeness (QED) is 0.514. The summed E-state index contributed by atoms with van der Waals surface area (Å²) in [6.07, 6.45) is 1.52. The first-order valence-electron chi connectivity index (χ1n) is 7.74. The molecule has 1 atom stereocenters. The Bertz CT molecular complexity index is 770. The molecule has 2 rings (SSSR count). The van der Waals surface area contributed by atoms with Crippen LogP contribution in [0.4, 0.5) is 5.69 Å². The van der Waals surface area contributed by atoms with Gasteiger partial charge in [0.25, 0.3) is 11.6 Å². The number of nitro benzene ring substituents is 1. The van der Waals surface area contributed by atoms with Crippen molar-refractivity contribution < 1.29 is 9.72 Å². The fraction of sp³-hybridized carbons (Fsp3) is 0.400. The van der Waals surface area contributed by atoms with E-state index in [1.165, 1.54) is 12.4 Å². The third-order valence-corrected chi connectivity index (χ3v) is 4.53. The standard InChI is InChI=1S/C15H20N6O3S.ClH/c1-4-16-10(2)8-17-14(22)11-5-6-13(12(7-11)21(23)24)25-15-19-18-9-20(15)3;/h5-7,9-10,16H,4,8H2,1-3H3,(H,17,22);1H/t10-;/m1./s1. The lowest BCUT2D eigenvalue weighted by molar-refractivity contribution is -0.387. The number of carbonyl (C=O) groups is 1. The predicted octanol–water partition coefficient (Wildman–Crippen LogP) is 2.02. The van der Waals surface area contributed by atoms with Crippen LogP contribution in [0.5, 0.6) is 0 Å². The molecule has 0 fully saturated rings. The van der Waals surface area contributed by atoms with Crippen LogP contribution in [0.3, 0.4) is 0 Å². The molecule has 0 radical (unpaired) electrons. The Balaban J connectivity index is 0.00000338. The van der Waals surface area contributed by atoms with Crippen LogP contribution in [-0.4, -0.2) is 44.7 Å². The minimum absolute atomic E-state index is 0. The van der Waals surface area contributed by atoms with E-state index in [4.69, 9.17) is 0 Å². The van der Waals surface area contributed by atoms with E-state index in [2.05, 4.69) is 20.8 Å². The molecule has 11 heteroatoms. The van der Waals surface area contributed by atoms with Crippen LogP contribution < -0.4 is 10.6 Å². The maximum atomic E-state index is 12.2. The minimum Gasteiger partial charge on any atom is -0.350 e. The van der Waals surface area contributed by atoms with Gasteiger partial charge in [0.05, 0.1) is 9.82 Å². The molecule has 0 aliphatic carbocycles. The van der Waals surface area contributed by atoms with E-state index in [1.54, 1.807) is 23.7 Å². The summed E-state index contributed by atoms with van der Waals surface area (Å²) >= 11 is 1.13. The van der Waals surface area contributed by atoms with Gasteiger partial charge in [-0.05, 0) is 37.4 Å². The van der Waals surface area contributed by atoms with E-state index >= 15 is 0 Å². The van der Waals surface area contributed by atoms with Gasteiger partial charge in [-0.15, -0.1) is 22.6 Å². The first-order valence-corrected chi connectivity index (χ1v) is 8.55. The molecule has 1 aromatic heterocycles. The molecule has 0 aliphatic heterocycles. The number of likely N-dealkylation sites (N-methyl/N-ethyl adjacent to an activating group) is 1. The molecule has 2 aromatic rings. The molecule has 0 aliphatic rings. The van der Waals surface area contributed by atoms with Crippen molar-refractivity contribution in [2.45, 2.75) is 29.9 Å². The van der Waals surface area contributed by atoms with Gasteiger partial charge in [-0.3, -0.25) is 14.9 Å². The van der Waals surface area contributed by atoms with Gasteiger partial charge in [0.2, 0.25) is 0 Å². The average Bonchev–Trinajstić information content (AvgIpc) is 2.98. The molecule has 26 heavy (non-hydrogen) atoms. The van der Waals surface area contributed by atoms with Crippen LogP contribution in [0, 0.1) is 10.1 Å². The number of nitrogens with one attached hydrogen (secondary N) is 2. The Labute approximate surface area is 161 Å². The normalized spacial score (nSPS) is 11.5. The number of nitro groups is 1. The highest BCUT2D eigenvalue weighted by atomic mass is 35.5. The predicted molar refractivity (Wildman–Crippen MR) is 101 cm³/mol. The lowest BCUT2D eigenvalue weighted by Gasteiger charge is -2.13. The molecular weight excluding hydrogens is 380 g/mol. The highest BCUT2D eigenvalue weighted by Gasteiger charge is 2.20. The molecule has 0 spiro atoms. The summed E-state index contributed by atoms with van der Waals surface area (Å²) in [7, 11) is 1.75. The topological polar surface area (TPSA) is 115 Å². The highest BCUT2D eigenvalue weighted by Crippen LogP contribution is 2.34. The van der Waals surface area contributed by atoms with Gasteiger partial charge in [0.15, 0.2) is 5.16 Å². The average molecular weight is 401 g/mol. The summed E-state index contributed by atoms with van der Waals surface area (Å²) in [5, 5.41) is 25.5. The van der Waals surface area contributed by atoms with Crippen molar-refractivity contribution in [2.75, 3.05) is 13.1 Å². The molecular formula is C15H21ClN6O3S. The smallest absolute Gasteiger partial charge is 0.284 e. The van der Waals surface area contributed by atoms with E-state index in [9.17, 15) is 14.9 Å². The van der Waals surface area contributed by atoms with E-state index in [0.717, 1.165) is 18.3 Å². The van der Waals surface area contributed by atoms with Gasteiger partial charge >= 0.3 is 0 Å². The zero-order valence-corrected chi connectivity index (χ0v) is 16.3. The van der Waals surface area contributed by atoms with E-state index < -0.39 is 4.92 Å². The number of aryl methyl sites for hydroxylation is 1. The lowest BCUT2D eigenvalue weighted by atomic mass is 10.2. The van der Waals surface area contributed by atoms with Gasteiger partial charge in [0.1, 0.15) is 6.33 Å². The highest BCUT2D eigenvalue weighted by molar-refractivity contribution is 7.99. The minimum atomic E-state index is -0.503. The molecule has 1 amide bonds. The Morgan fingerprint density at radius 1 is 1.46 bits per heavy atom. The fourth-order valence-corrected chi connectivity index (χ4v) is 2.97. The molecule has 1 heterocycles. The van der Waals surface area contributed by atoms with Gasteiger partial charge in [-0.1, -0.05) is 6.92 Å². The Kier molecular flexibility index (Phi) is 8.49. The summed E-state index contributed by atoms with van der Waals surface area (Å²) in [5.74, 6) is -0.344. The molecule has 0 saturated heterocycles. The largest absolute Gasteiger partial charge is 0.350 e. The zero-order chi connectivity index (χ0) is 18.4. The second kappa shape index (κ2) is 10.1. The van der Waals surface area contributed by atoms with Gasteiger partial charge in [-0.2, -0.15) is 0 Å². The van der Waals surface area contributed by atoms with Gasteiger partial charge in [0, 0.05) is 31.3 Å². The number of rotatable bonds is 8. The number of aromatic nitrogens is 3. The molecule has 9 nitrogen and oxygen atoms in total. The molecule has 0 saturated carbocycles. The Morgan fingerprint density at radius 3 is 2.77 bits per heavy atom. The molecule has 0 unspecified atom stereocenters. The summed E-state index contributed by atoms with van der Waals surface area (Å²) in [6.45, 7) is 5.18. The number of hydrogen-bond acceptors (Lipinski definition) is 7. The van der Waals surface area contributed by atoms with Gasteiger partial charge in [-0.25, -0.2) is 0 Å². The van der Waals surface area contributed by atoms with Crippen LogP contribution in [0.15, 0.2) is 34.6 Å². The number of carbonyl (C=O) groups excluding carboxylic acids is 1. The Hall–Kier alpha value is -2.17. The Morgan fingerprint density at radius 2 is 2.19 bits per heavy atom. The van der Waals surface area contributed by atoms with E-state index in [1.807, 2.05) is 13.8 Å². The third-order valence-electron chi connectivity index (χ3n) is 3.41. The van der Waals surface area contributed by atoms with E-state index in [-0.39, 0.29) is 35.6 Å². The maximum absolute atomic E-state index is 12.2. The van der Waals surface area contributed by atoms with Crippen LogP contribution in [0.2, 0.25) is 0 Å². The second-order valence-corrected chi connectivity index (χ2v) is 6.44. The van der Waals surface area contributed by atoms with Crippen molar-refractivity contribution >= 4 is 35.8 Å². The maximum Gasteiger partial charge on any atom is 0.284 e. The number of halogens is 1. The molecule has 2 N–H and O–H groups in total. The number of hydrogen-bond donors (Lipinski definition) is 2. The van der Waals surface area contributed by atoms with Crippen LogP contribution in [-0.2, 0) is 7.05 Å². The van der Waals surface area contributed by atoms with E-state index in [0.29, 0.717) is 16.6 Å². The summed E-state index contributed by atoms with van der Waals surface area (Å²) in [4.78, 5) is 23.5. The van der Waals surface area contributed by atoms with Crippen molar-refractivity contribution in [1.82, 2.24) is 25.4 Å². The molecule has 142 valence electrons. The van der Waals surface area contributed by atoms with Crippen molar-refractivity contribution in [3.8, 4) is 0 Å². The first kappa shape index (κ1) is 21.9. The van der Waals surface area contributed by atoms with Crippen molar-refractivity contribution in [1.29, 1.82) is 0 Å². The van der Waals surface area contributed by atoms with Crippen molar-refractivity contribution in [3.05, 3.63) is 40.2 Å². The molecule has 0 bridgehead atoms. The SMILES string of the molecule is CCN[C@H](C)CNC(=O)c1ccc(Sc2nncn2C)c([N+](=O)[O-])c1.Cl. The van der Waals surface area contributed by atoms with Gasteiger partial charge < -0.3 is 15.2 Å². The first-order chi connectivity index (χ1) is 11.9. The van der Waals surface area contributed by atoms with Crippen LogP contribution in [0.1, 0.15) is 24.2 Å². The summed E-state index contributed by atoms with van der Waals surface area (Å²) < 4.78 is 1.66. The van der Waals surface area contributed by atoms with Crippen molar-refractivity contribution in [3.63, 3.8) is 0 Å². The number of nitrogens with zero attached hydrogens (tertiary/aromatic N) is 4. The summed E-state index contributed by atoms with van der Waals surface area (Å²) in [5.41, 5.74) is 0.109. The third kappa shape index (κ3) is 5.68. The fourth-order valence-electron chi connectivity index (χ4n) is 2.12. The summed E-state index contributed by atoms with van der Waals surface area (Å²) in [6, 6.07) is 4.53. The van der Waals surface area contributed by atoms with Crippen LogP contribution in [0.25, 0.3) is 0 Å². The number of benzene rings is 1. The zero-order valence-electron chi connectivity index (χ0n) is 14.6. The number of amides is 1. The monoisotopic (exact) mass is 400 g/mol. The van der Waals surface area contributed by atoms with Crippen LogP contribution >= 0.6 is 24.2 Å². The second-order valence-electron chi connectivity index (χ2n) is 5.43. The molecule has 1 aromatic carbocycles. The van der Waals surface area contributed by atoms with Crippen molar-refractivity contribution in [2.24, 2.45) is 7.05 Å². The lowest BCUT2D eigenvalue weighted by Crippen LogP contribution is -2.38.